The van der Waals surface area contributed by atoms with Crippen molar-refractivity contribution in [2.75, 3.05) is 41.9 Å². The van der Waals surface area contributed by atoms with Gasteiger partial charge in [-0.2, -0.15) is 11.8 Å². The number of hydrogen-bond acceptors (Lipinski definition) is 6. The Labute approximate surface area is 304 Å². The molecule has 0 saturated carbocycles. The first-order valence-electron chi connectivity index (χ1n) is 17.2. The van der Waals surface area contributed by atoms with E-state index >= 15 is 0 Å². The number of ether oxygens (including phenoxy) is 1. The lowest BCUT2D eigenvalue weighted by molar-refractivity contribution is -0.137. The molecule has 0 radical (unpaired) electrons. The number of rotatable bonds is 8. The zero-order chi connectivity index (χ0) is 35.0. The Morgan fingerprint density at radius 1 is 1.02 bits per heavy atom. The Morgan fingerprint density at radius 2 is 1.71 bits per heavy atom. The molecule has 2 unspecified atom stereocenters. The number of esters is 1. The van der Waals surface area contributed by atoms with E-state index in [4.69, 9.17) is 33.0 Å². The van der Waals surface area contributed by atoms with Gasteiger partial charge in [0.15, 0.2) is 5.60 Å². The monoisotopic (exact) mass is 734 g/mol. The Morgan fingerprint density at radius 3 is 2.45 bits per heavy atom. The molecule has 258 valence electrons. The van der Waals surface area contributed by atoms with Gasteiger partial charge in [0.2, 0.25) is 0 Å². The van der Waals surface area contributed by atoms with Crippen LogP contribution in [0.25, 0.3) is 5.57 Å². The summed E-state index contributed by atoms with van der Waals surface area (Å²) < 4.78 is 6.78. The summed E-state index contributed by atoms with van der Waals surface area (Å²) in [6.45, 7) is 10.1. The van der Waals surface area contributed by atoms with Crippen LogP contribution in [0, 0.1) is 0 Å². The van der Waals surface area contributed by atoms with E-state index in [9.17, 15) is 9.59 Å². The molecule has 0 fully saturated rings. The Balaban J connectivity index is 1.49. The van der Waals surface area contributed by atoms with Crippen LogP contribution in [0.1, 0.15) is 84.6 Å². The second kappa shape index (κ2) is 12.4. The average molecular weight is 736 g/mol. The summed E-state index contributed by atoms with van der Waals surface area (Å²) in [5.41, 5.74) is 7.63. The lowest BCUT2D eigenvalue weighted by Crippen LogP contribution is -2.65. The maximum Gasteiger partial charge on any atom is 0.341 e. The number of likely N-dealkylation sites (N-methyl/N-ethyl adjacent to an activating group) is 1. The third-order valence-electron chi connectivity index (χ3n) is 11.5. The number of carbonyl (C=O) groups is 2. The molecule has 0 bridgehead atoms. The third-order valence-corrected chi connectivity index (χ3v) is 18.0. The second-order valence-electron chi connectivity index (χ2n) is 14.9. The number of allylic oxidation sites excluding steroid dienone is 1. The predicted molar refractivity (Wildman–Crippen MR) is 207 cm³/mol. The molecule has 0 saturated heterocycles. The summed E-state index contributed by atoms with van der Waals surface area (Å²) in [5.74, 6) is 0.701. The normalized spacial score (nSPS) is 22.9. The van der Waals surface area contributed by atoms with Crippen molar-refractivity contribution in [3.8, 4) is 0 Å². The zero-order valence-electron chi connectivity index (χ0n) is 29.1. The van der Waals surface area contributed by atoms with E-state index in [0.29, 0.717) is 27.6 Å². The first-order chi connectivity index (χ1) is 23.2. The molecule has 4 aliphatic rings. The fourth-order valence-electron chi connectivity index (χ4n) is 8.64. The topological polar surface area (TPSA) is 70.1 Å². The number of hydrogen-bond donors (Lipinski definition) is 1. The molecular formula is C39H44Cl2N2O4SSi. The number of unbranched alkanes of at least 4 members (excludes halogenated alkanes) is 1. The number of carbonyl (C=O) groups excluding carboxylic acids is 1. The van der Waals surface area contributed by atoms with Crippen molar-refractivity contribution >= 4 is 82.3 Å². The van der Waals surface area contributed by atoms with Crippen LogP contribution in [-0.2, 0) is 21.6 Å². The van der Waals surface area contributed by atoms with Gasteiger partial charge in [0.05, 0.1) is 16.1 Å². The van der Waals surface area contributed by atoms with Crippen LogP contribution >= 0.6 is 35.0 Å². The number of aliphatic carboxylic acids is 1. The summed E-state index contributed by atoms with van der Waals surface area (Å²) in [4.78, 5) is 29.8. The molecule has 2 atom stereocenters. The predicted octanol–water partition coefficient (Wildman–Crippen LogP) is 7.96. The smallest absolute Gasteiger partial charge is 0.341 e. The van der Waals surface area contributed by atoms with Crippen molar-refractivity contribution < 1.29 is 19.4 Å². The highest BCUT2D eigenvalue weighted by Crippen LogP contribution is 2.55. The van der Waals surface area contributed by atoms with E-state index < -0.39 is 25.6 Å². The van der Waals surface area contributed by atoms with E-state index in [2.05, 4.69) is 81.6 Å². The number of carboxylic acid groups (broad SMARTS) is 1. The van der Waals surface area contributed by atoms with E-state index in [1.165, 1.54) is 32.9 Å². The van der Waals surface area contributed by atoms with Crippen LogP contribution in [0.3, 0.4) is 0 Å². The number of carboxylic acids is 1. The Hall–Kier alpha value is -2.91. The summed E-state index contributed by atoms with van der Waals surface area (Å²) in [5, 5.41) is 12.5. The quantitative estimate of drug-likeness (QED) is 0.143. The van der Waals surface area contributed by atoms with Crippen LogP contribution in [0.4, 0.5) is 11.4 Å². The van der Waals surface area contributed by atoms with Gasteiger partial charge in [0.25, 0.3) is 0 Å². The van der Waals surface area contributed by atoms with Gasteiger partial charge in [-0.1, -0.05) is 35.8 Å². The minimum absolute atomic E-state index is 0.176. The number of fused-ring (bicyclic) bond motifs is 8. The zero-order valence-corrected chi connectivity index (χ0v) is 32.5. The van der Waals surface area contributed by atoms with Crippen LogP contribution in [0.15, 0.2) is 42.5 Å². The minimum Gasteiger partial charge on any atom is -0.481 e. The molecule has 3 aromatic rings. The summed E-state index contributed by atoms with van der Waals surface area (Å²) >= 11 is 15.9. The van der Waals surface area contributed by atoms with Crippen LogP contribution in [0.5, 0.6) is 0 Å². The van der Waals surface area contributed by atoms with Gasteiger partial charge in [0.1, 0.15) is 8.07 Å². The third kappa shape index (κ3) is 5.35. The fraction of sp³-hybridized carbons (Fsp3) is 0.436. The largest absolute Gasteiger partial charge is 0.481 e. The van der Waals surface area contributed by atoms with Gasteiger partial charge in [0, 0.05) is 65.7 Å². The summed E-state index contributed by atoms with van der Waals surface area (Å²) in [6, 6.07) is 13.9. The maximum absolute atomic E-state index is 14.0. The molecule has 4 aliphatic heterocycles. The molecule has 10 heteroatoms. The summed E-state index contributed by atoms with van der Waals surface area (Å²) in [7, 11) is 1.81. The first kappa shape index (κ1) is 34.5. The number of thioether (sulfide) groups is 1. The Bertz CT molecular complexity index is 1950. The van der Waals surface area contributed by atoms with E-state index in [0.717, 1.165) is 60.0 Å². The molecule has 7 rings (SSSR count). The minimum atomic E-state index is -2.53. The number of aryl methyl sites for hydroxylation is 1. The molecule has 0 aliphatic carbocycles. The summed E-state index contributed by atoms with van der Waals surface area (Å²) in [6.07, 6.45) is 6.11. The van der Waals surface area contributed by atoms with Crippen molar-refractivity contribution in [2.45, 2.75) is 76.6 Å². The number of benzene rings is 3. The highest BCUT2D eigenvalue weighted by atomic mass is 35.5. The van der Waals surface area contributed by atoms with Gasteiger partial charge >= 0.3 is 11.9 Å². The highest BCUT2D eigenvalue weighted by molar-refractivity contribution is 7.99. The van der Waals surface area contributed by atoms with E-state index in [1.54, 1.807) is 12.1 Å². The number of halogens is 2. The van der Waals surface area contributed by atoms with Gasteiger partial charge < -0.3 is 19.6 Å². The first-order valence-corrected chi connectivity index (χ1v) is 21.9. The van der Waals surface area contributed by atoms with E-state index in [1.807, 2.05) is 11.8 Å². The SMILES string of the molecule is CC1=CC(C)(C)N(C)c2cc3c(cc21)C1(OC(=O)c2c(Cl)ccc(Cl)c21)c1cc2c(cc1[Si]3(C)CCSCCCCC(=O)O)N(C)CCC2. The van der Waals surface area contributed by atoms with Crippen molar-refractivity contribution in [2.24, 2.45) is 0 Å². The van der Waals surface area contributed by atoms with E-state index in [-0.39, 0.29) is 12.0 Å². The number of anilines is 2. The molecule has 0 amide bonds. The molecule has 6 nitrogen and oxygen atoms in total. The molecule has 1 spiro atoms. The lowest BCUT2D eigenvalue weighted by Gasteiger charge is -2.48. The van der Waals surface area contributed by atoms with Crippen molar-refractivity contribution in [3.05, 3.63) is 85.9 Å². The molecule has 0 aromatic heterocycles. The van der Waals surface area contributed by atoms with Crippen LogP contribution in [-0.4, -0.2) is 62.8 Å². The molecule has 1 N–H and O–H groups in total. The van der Waals surface area contributed by atoms with Crippen LogP contribution < -0.4 is 20.2 Å². The fourth-order valence-corrected chi connectivity index (χ4v) is 15.4. The Kier molecular flexibility index (Phi) is 8.73. The molecule has 3 aromatic carbocycles. The maximum atomic E-state index is 14.0. The highest BCUT2D eigenvalue weighted by Gasteiger charge is 2.59. The van der Waals surface area contributed by atoms with Crippen molar-refractivity contribution in [1.82, 2.24) is 0 Å². The van der Waals surface area contributed by atoms with Gasteiger partial charge in [-0.25, -0.2) is 4.79 Å². The van der Waals surface area contributed by atoms with Gasteiger partial charge in [-0.05, 0) is 122 Å². The number of nitrogens with zero attached hydrogens (tertiary/aromatic N) is 2. The second-order valence-corrected chi connectivity index (χ2v) is 21.2. The van der Waals surface area contributed by atoms with Gasteiger partial charge in [-0.3, -0.25) is 4.79 Å². The van der Waals surface area contributed by atoms with Crippen LogP contribution in [0.2, 0.25) is 22.6 Å². The standard InChI is InChI=1S/C39H44Cl2N2O4SSi/c1-23-22-38(2,3)43(5)31-21-33-27(19-25(23)31)39(36-29(41)13-12-28(40)35(36)37(46)47-39)26-18-24-10-9-14-42(4)30(24)20-32(26)49(33,6)17-16-48-15-8-7-11-34(44)45/h12-13,18-22H,7-11,14-17H2,1-6H3,(H,44,45). The van der Waals surface area contributed by atoms with Gasteiger partial charge in [-0.15, -0.1) is 0 Å². The average Bonchev–Trinajstić information content (AvgIpc) is 3.37. The molecule has 49 heavy (non-hydrogen) atoms. The van der Waals surface area contributed by atoms with Crippen molar-refractivity contribution in [1.29, 1.82) is 0 Å². The molecule has 4 heterocycles. The lowest BCUT2D eigenvalue weighted by atomic mass is 9.76. The van der Waals surface area contributed by atoms with Crippen molar-refractivity contribution in [3.63, 3.8) is 0 Å². The molecular weight excluding hydrogens is 691 g/mol.